The topological polar surface area (TPSA) is 50.3 Å². The zero-order valence-corrected chi connectivity index (χ0v) is 13.6. The van der Waals surface area contributed by atoms with Gasteiger partial charge in [0.2, 0.25) is 0 Å². The second kappa shape index (κ2) is 8.17. The van der Waals surface area contributed by atoms with Crippen molar-refractivity contribution in [3.8, 4) is 0 Å². The van der Waals surface area contributed by atoms with Gasteiger partial charge in [0.25, 0.3) is 0 Å². The summed E-state index contributed by atoms with van der Waals surface area (Å²) in [6.07, 6.45) is 4.58. The summed E-state index contributed by atoms with van der Waals surface area (Å²) in [5.41, 5.74) is 0. The van der Waals surface area contributed by atoms with Crippen LogP contribution in [0.25, 0.3) is 0 Å². The van der Waals surface area contributed by atoms with E-state index in [2.05, 4.69) is 42.0 Å². The highest BCUT2D eigenvalue weighted by Crippen LogP contribution is 2.22. The molecule has 0 atom stereocenters. The van der Waals surface area contributed by atoms with Gasteiger partial charge in [0.15, 0.2) is 0 Å². The maximum atomic E-state index is 5.72. The van der Waals surface area contributed by atoms with Crippen LogP contribution in [0.3, 0.4) is 0 Å². The second-order valence-corrected chi connectivity index (χ2v) is 5.45. The zero-order chi connectivity index (χ0) is 15.1. The highest BCUT2D eigenvalue weighted by atomic mass is 16.5. The Hall–Kier alpha value is -1.36. The van der Waals surface area contributed by atoms with Crippen molar-refractivity contribution in [2.45, 2.75) is 52.6 Å². The summed E-state index contributed by atoms with van der Waals surface area (Å²) in [6, 6.07) is 2.07. The van der Waals surface area contributed by atoms with E-state index in [9.17, 15) is 0 Å². The third kappa shape index (κ3) is 4.56. The molecule has 0 amide bonds. The molecule has 2 heterocycles. The fourth-order valence-electron chi connectivity index (χ4n) is 2.74. The van der Waals surface area contributed by atoms with Crippen LogP contribution in [0.15, 0.2) is 6.07 Å². The third-order valence-electron chi connectivity index (χ3n) is 3.76. The van der Waals surface area contributed by atoms with Crippen LogP contribution < -0.4 is 10.2 Å². The first-order valence-electron chi connectivity index (χ1n) is 8.25. The minimum atomic E-state index is 0.413. The summed E-state index contributed by atoms with van der Waals surface area (Å²) in [5, 5.41) is 3.31. The van der Waals surface area contributed by atoms with Crippen LogP contribution in [0, 0.1) is 0 Å². The molecule has 0 aliphatic carbocycles. The Morgan fingerprint density at radius 1 is 1.24 bits per heavy atom. The Kier molecular flexibility index (Phi) is 6.23. The number of aromatic nitrogens is 2. The maximum absolute atomic E-state index is 5.72. The molecular weight excluding hydrogens is 264 g/mol. The van der Waals surface area contributed by atoms with E-state index >= 15 is 0 Å². The molecule has 0 aromatic carbocycles. The molecule has 0 bridgehead atoms. The van der Waals surface area contributed by atoms with Crippen LogP contribution >= 0.6 is 0 Å². The predicted molar refractivity (Wildman–Crippen MR) is 87.1 cm³/mol. The quantitative estimate of drug-likeness (QED) is 0.837. The molecule has 2 rings (SSSR count). The molecule has 0 spiro atoms. The molecule has 5 heteroatoms. The van der Waals surface area contributed by atoms with Gasteiger partial charge in [-0.3, -0.25) is 0 Å². The van der Waals surface area contributed by atoms with E-state index in [-0.39, 0.29) is 0 Å². The highest BCUT2D eigenvalue weighted by Gasteiger charge is 2.21. The Morgan fingerprint density at radius 2 is 2.00 bits per heavy atom. The van der Waals surface area contributed by atoms with Crippen molar-refractivity contribution >= 4 is 11.6 Å². The first kappa shape index (κ1) is 16.0. The molecule has 0 saturated carbocycles. The summed E-state index contributed by atoms with van der Waals surface area (Å²) in [4.78, 5) is 11.7. The SMILES string of the molecule is CCCc1nc(NCC)cc(N2CCC(OCC)CC2)n1. The molecule has 1 aromatic heterocycles. The van der Waals surface area contributed by atoms with E-state index in [0.717, 1.165) is 69.4 Å². The van der Waals surface area contributed by atoms with Gasteiger partial charge in [-0.1, -0.05) is 6.92 Å². The van der Waals surface area contributed by atoms with Gasteiger partial charge < -0.3 is 15.0 Å². The van der Waals surface area contributed by atoms with Crippen molar-refractivity contribution in [3.63, 3.8) is 0 Å². The minimum absolute atomic E-state index is 0.413. The molecule has 5 nitrogen and oxygen atoms in total. The Labute approximate surface area is 128 Å². The summed E-state index contributed by atoms with van der Waals surface area (Å²) >= 11 is 0. The number of rotatable bonds is 7. The summed E-state index contributed by atoms with van der Waals surface area (Å²) in [5.74, 6) is 2.94. The lowest BCUT2D eigenvalue weighted by Gasteiger charge is -2.32. The summed E-state index contributed by atoms with van der Waals surface area (Å²) in [7, 11) is 0. The second-order valence-electron chi connectivity index (χ2n) is 5.45. The number of hydrogen-bond donors (Lipinski definition) is 1. The fraction of sp³-hybridized carbons (Fsp3) is 0.750. The standard InChI is InChI=1S/C16H28N4O/c1-4-7-14-18-15(17-5-2)12-16(19-14)20-10-8-13(9-11-20)21-6-3/h12-13H,4-11H2,1-3H3,(H,17,18,19). The van der Waals surface area contributed by atoms with Gasteiger partial charge in [-0.15, -0.1) is 0 Å². The summed E-state index contributed by atoms with van der Waals surface area (Å²) < 4.78 is 5.72. The monoisotopic (exact) mass is 292 g/mol. The number of ether oxygens (including phenoxy) is 1. The Bertz CT molecular complexity index is 406. The lowest BCUT2D eigenvalue weighted by Crippen LogP contribution is -2.37. The van der Waals surface area contributed by atoms with Crippen molar-refractivity contribution in [1.82, 2.24) is 9.97 Å². The van der Waals surface area contributed by atoms with Crippen molar-refractivity contribution in [2.75, 3.05) is 36.5 Å². The predicted octanol–water partition coefficient (Wildman–Crippen LogP) is 2.87. The lowest BCUT2D eigenvalue weighted by atomic mass is 10.1. The smallest absolute Gasteiger partial charge is 0.134 e. The number of piperidine rings is 1. The van der Waals surface area contributed by atoms with Crippen LogP contribution in [-0.2, 0) is 11.2 Å². The summed E-state index contributed by atoms with van der Waals surface area (Å²) in [6.45, 7) is 10.0. The van der Waals surface area contributed by atoms with Crippen molar-refractivity contribution < 1.29 is 4.74 Å². The molecule has 0 radical (unpaired) electrons. The normalized spacial score (nSPS) is 16.2. The number of anilines is 2. The van der Waals surface area contributed by atoms with E-state index in [4.69, 9.17) is 9.72 Å². The van der Waals surface area contributed by atoms with E-state index in [0.29, 0.717) is 6.10 Å². The zero-order valence-electron chi connectivity index (χ0n) is 13.6. The van der Waals surface area contributed by atoms with Crippen molar-refractivity contribution in [2.24, 2.45) is 0 Å². The highest BCUT2D eigenvalue weighted by molar-refractivity contribution is 5.49. The number of nitrogens with zero attached hydrogens (tertiary/aromatic N) is 3. The van der Waals surface area contributed by atoms with Gasteiger partial charge in [0, 0.05) is 38.7 Å². The van der Waals surface area contributed by atoms with Gasteiger partial charge in [-0.25, -0.2) is 9.97 Å². The average molecular weight is 292 g/mol. The Morgan fingerprint density at radius 3 is 2.62 bits per heavy atom. The van der Waals surface area contributed by atoms with Gasteiger partial charge >= 0.3 is 0 Å². The van der Waals surface area contributed by atoms with Crippen LogP contribution in [0.5, 0.6) is 0 Å². The molecule has 1 aliphatic heterocycles. The minimum Gasteiger partial charge on any atom is -0.378 e. The number of aryl methyl sites for hydroxylation is 1. The fourth-order valence-corrected chi connectivity index (χ4v) is 2.74. The molecule has 1 fully saturated rings. The van der Waals surface area contributed by atoms with E-state index in [1.807, 2.05) is 0 Å². The first-order valence-corrected chi connectivity index (χ1v) is 8.25. The molecule has 21 heavy (non-hydrogen) atoms. The molecule has 1 aliphatic rings. The molecule has 1 saturated heterocycles. The first-order chi connectivity index (χ1) is 10.3. The van der Waals surface area contributed by atoms with Crippen molar-refractivity contribution in [3.05, 3.63) is 11.9 Å². The van der Waals surface area contributed by atoms with Gasteiger partial charge in [-0.05, 0) is 33.1 Å². The van der Waals surface area contributed by atoms with Crippen LogP contribution in [0.2, 0.25) is 0 Å². The third-order valence-corrected chi connectivity index (χ3v) is 3.76. The Balaban J connectivity index is 2.07. The lowest BCUT2D eigenvalue weighted by molar-refractivity contribution is 0.0458. The van der Waals surface area contributed by atoms with E-state index in [1.165, 1.54) is 0 Å². The number of hydrogen-bond acceptors (Lipinski definition) is 5. The van der Waals surface area contributed by atoms with Crippen LogP contribution in [-0.4, -0.2) is 42.3 Å². The van der Waals surface area contributed by atoms with Gasteiger partial charge in [0.05, 0.1) is 6.10 Å². The molecule has 0 unspecified atom stereocenters. The molecule has 118 valence electrons. The van der Waals surface area contributed by atoms with E-state index < -0.39 is 0 Å². The van der Waals surface area contributed by atoms with E-state index in [1.54, 1.807) is 0 Å². The average Bonchev–Trinajstić information content (AvgIpc) is 2.49. The van der Waals surface area contributed by atoms with Crippen molar-refractivity contribution in [1.29, 1.82) is 0 Å². The molecule has 1 N–H and O–H groups in total. The largest absolute Gasteiger partial charge is 0.378 e. The van der Waals surface area contributed by atoms with Gasteiger partial charge in [-0.2, -0.15) is 0 Å². The van der Waals surface area contributed by atoms with Crippen LogP contribution in [0.4, 0.5) is 11.6 Å². The number of nitrogens with one attached hydrogen (secondary N) is 1. The van der Waals surface area contributed by atoms with Crippen LogP contribution in [0.1, 0.15) is 45.9 Å². The maximum Gasteiger partial charge on any atom is 0.134 e. The molecule has 1 aromatic rings. The molecular formula is C16H28N4O. The van der Waals surface area contributed by atoms with Gasteiger partial charge in [0.1, 0.15) is 17.5 Å².